The number of nitrogens with one attached hydrogen (secondary N) is 1. The molecule has 2 aromatic heterocycles. The Balaban J connectivity index is 1.25. The van der Waals surface area contributed by atoms with Gasteiger partial charge in [0, 0.05) is 41.7 Å². The minimum atomic E-state index is -0.546. The molecular weight excluding hydrogens is 370 g/mol. The smallest absolute Gasteiger partial charge is 0.253 e. The fourth-order valence-corrected chi connectivity index (χ4v) is 3.86. The van der Waals surface area contributed by atoms with Crippen LogP contribution in [0.5, 0.6) is 0 Å². The predicted octanol–water partition coefficient (Wildman–Crippen LogP) is 2.32. The molecule has 2 atom stereocenters. The number of aliphatic hydroxyl groups excluding tert-OH is 1. The van der Waals surface area contributed by atoms with Crippen molar-refractivity contribution in [3.05, 3.63) is 53.2 Å². The van der Waals surface area contributed by atoms with E-state index in [2.05, 4.69) is 20.3 Å². The molecule has 3 heterocycles. The van der Waals surface area contributed by atoms with E-state index < -0.39 is 6.10 Å². The van der Waals surface area contributed by atoms with E-state index in [9.17, 15) is 9.90 Å². The summed E-state index contributed by atoms with van der Waals surface area (Å²) in [5.41, 5.74) is 3.32. The lowest BCUT2D eigenvalue weighted by molar-refractivity contribution is 0.0764. The van der Waals surface area contributed by atoms with E-state index in [4.69, 9.17) is 4.52 Å². The lowest BCUT2D eigenvalue weighted by Gasteiger charge is -2.16. The molecule has 0 unspecified atom stereocenters. The van der Waals surface area contributed by atoms with E-state index in [0.717, 1.165) is 29.8 Å². The number of carbonyl (C=O) groups is 1. The van der Waals surface area contributed by atoms with Crippen molar-refractivity contribution >= 4 is 5.91 Å². The van der Waals surface area contributed by atoms with Gasteiger partial charge >= 0.3 is 0 Å². The van der Waals surface area contributed by atoms with E-state index in [1.807, 2.05) is 25.1 Å². The molecule has 2 fully saturated rings. The summed E-state index contributed by atoms with van der Waals surface area (Å²) in [7, 11) is 0. The standard InChI is InChI=1S/C21H23N5O3/c1-12-8-17(24-23-12)9-16-10-26(11-18(16)27)21(28)15-6-2-13(3-7-15)19-22-20(29-25-19)14-4-5-14/h2-3,6-8,14,16,18,27H,4-5,9-11H2,1H3,(H,23,24)/t16-,18+/m1/s1. The molecule has 29 heavy (non-hydrogen) atoms. The van der Waals surface area contributed by atoms with Crippen LogP contribution in [0.25, 0.3) is 11.4 Å². The predicted molar refractivity (Wildman–Crippen MR) is 104 cm³/mol. The van der Waals surface area contributed by atoms with Crippen LogP contribution in [0.1, 0.15) is 46.4 Å². The van der Waals surface area contributed by atoms with Gasteiger partial charge in [-0.05, 0) is 44.4 Å². The first-order chi connectivity index (χ1) is 14.1. The lowest BCUT2D eigenvalue weighted by atomic mass is 10.00. The van der Waals surface area contributed by atoms with Crippen LogP contribution in [-0.4, -0.2) is 55.4 Å². The summed E-state index contributed by atoms with van der Waals surface area (Å²) in [4.78, 5) is 19.0. The van der Waals surface area contributed by atoms with Crippen LogP contribution >= 0.6 is 0 Å². The zero-order chi connectivity index (χ0) is 20.0. The Kier molecular flexibility index (Phi) is 4.43. The summed E-state index contributed by atoms with van der Waals surface area (Å²) in [6.07, 6.45) is 2.32. The Morgan fingerprint density at radius 3 is 2.76 bits per heavy atom. The maximum absolute atomic E-state index is 12.9. The van der Waals surface area contributed by atoms with Crippen LogP contribution in [0, 0.1) is 12.8 Å². The van der Waals surface area contributed by atoms with Crippen LogP contribution < -0.4 is 0 Å². The Hall–Kier alpha value is -3.00. The molecule has 0 spiro atoms. The van der Waals surface area contributed by atoms with Crippen molar-refractivity contribution in [3.63, 3.8) is 0 Å². The van der Waals surface area contributed by atoms with Crippen molar-refractivity contribution in [3.8, 4) is 11.4 Å². The molecule has 8 heteroatoms. The van der Waals surface area contributed by atoms with Crippen LogP contribution in [0.15, 0.2) is 34.9 Å². The summed E-state index contributed by atoms with van der Waals surface area (Å²) in [6, 6.07) is 9.21. The van der Waals surface area contributed by atoms with E-state index in [1.165, 1.54) is 0 Å². The summed E-state index contributed by atoms with van der Waals surface area (Å²) in [5.74, 6) is 1.57. The molecule has 1 saturated heterocycles. The first-order valence-electron chi connectivity index (χ1n) is 9.99. The number of aryl methyl sites for hydroxylation is 1. The topological polar surface area (TPSA) is 108 Å². The number of benzene rings is 1. The van der Waals surface area contributed by atoms with Crippen LogP contribution in [0.4, 0.5) is 0 Å². The van der Waals surface area contributed by atoms with Gasteiger partial charge in [-0.15, -0.1) is 0 Å². The Bertz CT molecular complexity index is 1020. The molecule has 1 aromatic carbocycles. The molecule has 2 N–H and O–H groups in total. The number of aromatic nitrogens is 4. The van der Waals surface area contributed by atoms with Gasteiger partial charge in [-0.3, -0.25) is 9.89 Å². The van der Waals surface area contributed by atoms with E-state index in [0.29, 0.717) is 42.7 Å². The number of aliphatic hydroxyl groups is 1. The van der Waals surface area contributed by atoms with Gasteiger partial charge in [0.25, 0.3) is 5.91 Å². The number of hydrogen-bond donors (Lipinski definition) is 2. The SMILES string of the molecule is Cc1cc(C[C@@H]2CN(C(=O)c3ccc(-c4noc(C5CC5)n4)cc3)C[C@@H]2O)n[nH]1. The van der Waals surface area contributed by atoms with Gasteiger partial charge in [0.15, 0.2) is 0 Å². The van der Waals surface area contributed by atoms with Crippen LogP contribution in [0.3, 0.4) is 0 Å². The minimum Gasteiger partial charge on any atom is -0.391 e. The van der Waals surface area contributed by atoms with Gasteiger partial charge < -0.3 is 14.5 Å². The van der Waals surface area contributed by atoms with Gasteiger partial charge in [-0.2, -0.15) is 10.1 Å². The Morgan fingerprint density at radius 2 is 2.07 bits per heavy atom. The molecule has 1 amide bonds. The third-order valence-electron chi connectivity index (χ3n) is 5.68. The van der Waals surface area contributed by atoms with Gasteiger partial charge in [0.05, 0.1) is 11.8 Å². The highest BCUT2D eigenvalue weighted by Gasteiger charge is 2.35. The molecule has 1 saturated carbocycles. The Labute approximate surface area is 167 Å². The van der Waals surface area contributed by atoms with E-state index in [1.54, 1.807) is 17.0 Å². The van der Waals surface area contributed by atoms with Crippen molar-refractivity contribution in [2.75, 3.05) is 13.1 Å². The first-order valence-corrected chi connectivity index (χ1v) is 9.99. The zero-order valence-corrected chi connectivity index (χ0v) is 16.2. The summed E-state index contributed by atoms with van der Waals surface area (Å²) >= 11 is 0. The Morgan fingerprint density at radius 1 is 1.28 bits per heavy atom. The highest BCUT2D eigenvalue weighted by atomic mass is 16.5. The molecule has 2 aliphatic rings. The lowest BCUT2D eigenvalue weighted by Crippen LogP contribution is -2.29. The summed E-state index contributed by atoms with van der Waals surface area (Å²) < 4.78 is 5.30. The normalized spacial score (nSPS) is 21.7. The summed E-state index contributed by atoms with van der Waals surface area (Å²) in [6.45, 7) is 2.80. The second kappa shape index (κ2) is 7.11. The van der Waals surface area contributed by atoms with Crippen LogP contribution in [-0.2, 0) is 6.42 Å². The van der Waals surface area contributed by atoms with Crippen molar-refractivity contribution in [1.82, 2.24) is 25.2 Å². The molecule has 0 bridgehead atoms. The number of carbonyl (C=O) groups excluding carboxylic acids is 1. The van der Waals surface area contributed by atoms with Crippen molar-refractivity contribution < 1.29 is 14.4 Å². The number of hydrogen-bond acceptors (Lipinski definition) is 6. The number of likely N-dealkylation sites (tertiary alicyclic amines) is 1. The summed E-state index contributed by atoms with van der Waals surface area (Å²) in [5, 5.41) is 21.6. The van der Waals surface area contributed by atoms with Crippen LogP contribution in [0.2, 0.25) is 0 Å². The highest BCUT2D eigenvalue weighted by Crippen LogP contribution is 2.39. The van der Waals surface area contributed by atoms with Gasteiger partial charge in [-0.1, -0.05) is 17.3 Å². The molecule has 1 aliphatic heterocycles. The quantitative estimate of drug-likeness (QED) is 0.689. The van der Waals surface area contributed by atoms with Gasteiger partial charge in [0.1, 0.15) is 0 Å². The molecule has 3 aromatic rings. The fourth-order valence-electron chi connectivity index (χ4n) is 3.86. The highest BCUT2D eigenvalue weighted by molar-refractivity contribution is 5.94. The van der Waals surface area contributed by atoms with Crippen molar-refractivity contribution in [1.29, 1.82) is 0 Å². The maximum atomic E-state index is 12.9. The zero-order valence-electron chi connectivity index (χ0n) is 16.2. The number of amides is 1. The minimum absolute atomic E-state index is 0.0129. The van der Waals surface area contributed by atoms with E-state index in [-0.39, 0.29) is 11.8 Å². The molecule has 5 rings (SSSR count). The number of β-amino-alcohol motifs (C(OH)–C–C–N with tert-alkyl or cyclic N) is 1. The van der Waals surface area contributed by atoms with Crippen molar-refractivity contribution in [2.45, 2.75) is 38.2 Å². The first kappa shape index (κ1) is 18.1. The average molecular weight is 393 g/mol. The second-order valence-corrected chi connectivity index (χ2v) is 8.09. The number of aromatic amines is 1. The number of rotatable bonds is 5. The molecule has 1 aliphatic carbocycles. The molecule has 8 nitrogen and oxygen atoms in total. The van der Waals surface area contributed by atoms with Gasteiger partial charge in [-0.25, -0.2) is 0 Å². The fraction of sp³-hybridized carbons (Fsp3) is 0.429. The van der Waals surface area contributed by atoms with Crippen molar-refractivity contribution in [2.24, 2.45) is 5.92 Å². The average Bonchev–Trinajstić information content (AvgIpc) is 3.13. The second-order valence-electron chi connectivity index (χ2n) is 8.09. The third-order valence-corrected chi connectivity index (χ3v) is 5.68. The molecular formula is C21H23N5O3. The molecule has 150 valence electrons. The maximum Gasteiger partial charge on any atom is 0.253 e. The van der Waals surface area contributed by atoms with Gasteiger partial charge in [0.2, 0.25) is 11.7 Å². The monoisotopic (exact) mass is 393 g/mol. The largest absolute Gasteiger partial charge is 0.391 e. The third kappa shape index (κ3) is 3.67. The van der Waals surface area contributed by atoms with E-state index >= 15 is 0 Å². The number of nitrogens with zero attached hydrogens (tertiary/aromatic N) is 4. The number of H-pyrrole nitrogens is 1. The molecule has 0 radical (unpaired) electrons.